The maximum Gasteiger partial charge on any atom is 0.416 e. The lowest BCUT2D eigenvalue weighted by atomic mass is 9.85. The van der Waals surface area contributed by atoms with Crippen molar-refractivity contribution in [3.05, 3.63) is 102 Å². The van der Waals surface area contributed by atoms with Gasteiger partial charge < -0.3 is 20.1 Å². The van der Waals surface area contributed by atoms with Crippen molar-refractivity contribution in [3.8, 4) is 0 Å². The fraction of sp³-hybridized carbons (Fsp3) is 0.400. The summed E-state index contributed by atoms with van der Waals surface area (Å²) in [7, 11) is -4.07. The van der Waals surface area contributed by atoms with Crippen molar-refractivity contribution >= 4 is 28.0 Å². The molecule has 0 aromatic heterocycles. The number of alkyl carbamates (subject to hydrolysis) is 1. The molecule has 1 aliphatic carbocycles. The predicted octanol–water partition coefficient (Wildman–Crippen LogP) is 5.89. The largest absolute Gasteiger partial charge is 0.462 e. The fourth-order valence-corrected chi connectivity index (χ4v) is 6.73. The van der Waals surface area contributed by atoms with Crippen LogP contribution >= 0.6 is 0 Å². The molecule has 1 saturated carbocycles. The van der Waals surface area contributed by atoms with E-state index in [0.717, 1.165) is 29.8 Å². The molecule has 1 fully saturated rings. The van der Waals surface area contributed by atoms with Gasteiger partial charge in [0, 0.05) is 12.0 Å². The monoisotopic (exact) mass is 703 g/mol. The van der Waals surface area contributed by atoms with E-state index in [9.17, 15) is 36.0 Å². The third kappa shape index (κ3) is 11.0. The van der Waals surface area contributed by atoms with Gasteiger partial charge in [0.1, 0.15) is 19.3 Å². The number of carbonyl (C=O) groups is 3. The number of carbonyl (C=O) groups excluding carboxylic acids is 3. The van der Waals surface area contributed by atoms with Crippen LogP contribution in [0.3, 0.4) is 0 Å². The molecule has 0 heterocycles. The van der Waals surface area contributed by atoms with Crippen LogP contribution in [0.4, 0.5) is 18.0 Å². The van der Waals surface area contributed by atoms with Crippen LogP contribution in [-0.4, -0.2) is 45.1 Å². The highest BCUT2D eigenvalue weighted by molar-refractivity contribution is 7.89. The summed E-state index contributed by atoms with van der Waals surface area (Å²) in [6.45, 7) is 3.32. The highest BCUT2D eigenvalue weighted by Gasteiger charge is 2.33. The molecule has 0 aliphatic heterocycles. The number of ether oxygens (including phenoxy) is 2. The molecule has 3 N–H and O–H groups in total. The highest BCUT2D eigenvalue weighted by atomic mass is 32.2. The maximum atomic E-state index is 13.4. The number of hydrogen-bond donors (Lipinski definition) is 3. The Morgan fingerprint density at radius 3 is 1.98 bits per heavy atom. The Hall–Kier alpha value is -4.43. The van der Waals surface area contributed by atoms with Crippen LogP contribution in [0.25, 0.3) is 0 Å². The Bertz CT molecular complexity index is 1650. The number of nitrogens with one attached hydrogen (secondary N) is 3. The Labute approximate surface area is 283 Å². The van der Waals surface area contributed by atoms with Crippen molar-refractivity contribution in [1.29, 1.82) is 0 Å². The molecule has 0 spiro atoms. The van der Waals surface area contributed by atoms with Gasteiger partial charge in [-0.25, -0.2) is 22.7 Å². The van der Waals surface area contributed by atoms with Crippen LogP contribution < -0.4 is 15.4 Å². The van der Waals surface area contributed by atoms with E-state index in [1.165, 1.54) is 0 Å². The summed E-state index contributed by atoms with van der Waals surface area (Å²) in [5.74, 6) is -1.76. The minimum Gasteiger partial charge on any atom is -0.462 e. The van der Waals surface area contributed by atoms with E-state index in [1.807, 2.05) is 18.2 Å². The van der Waals surface area contributed by atoms with Gasteiger partial charge in [0.25, 0.3) is 0 Å². The zero-order valence-electron chi connectivity index (χ0n) is 27.1. The zero-order chi connectivity index (χ0) is 35.6. The van der Waals surface area contributed by atoms with Crippen LogP contribution in [-0.2, 0) is 41.9 Å². The van der Waals surface area contributed by atoms with E-state index in [2.05, 4.69) is 15.4 Å². The second-order valence-corrected chi connectivity index (χ2v) is 13.9. The molecular weight excluding hydrogens is 663 g/mol. The van der Waals surface area contributed by atoms with Gasteiger partial charge in [-0.3, -0.25) is 4.79 Å². The van der Waals surface area contributed by atoms with E-state index in [0.29, 0.717) is 31.2 Å². The lowest BCUT2D eigenvalue weighted by molar-refractivity contribution is -0.148. The molecule has 1 aliphatic rings. The van der Waals surface area contributed by atoms with Crippen molar-refractivity contribution in [3.63, 3.8) is 0 Å². The van der Waals surface area contributed by atoms with E-state index < -0.39 is 57.9 Å². The summed E-state index contributed by atoms with van der Waals surface area (Å²) >= 11 is 0. The first-order valence-electron chi connectivity index (χ1n) is 15.9. The van der Waals surface area contributed by atoms with E-state index >= 15 is 0 Å². The molecule has 0 saturated heterocycles. The summed E-state index contributed by atoms with van der Waals surface area (Å²) in [5.41, 5.74) is 0.533. The van der Waals surface area contributed by atoms with Gasteiger partial charge in [-0.1, -0.05) is 74.5 Å². The molecule has 0 radical (unpaired) electrons. The molecule has 4 rings (SSSR count). The second kappa shape index (κ2) is 16.8. The van der Waals surface area contributed by atoms with E-state index in [1.54, 1.807) is 56.3 Å². The van der Waals surface area contributed by atoms with Gasteiger partial charge in [-0.05, 0) is 67.0 Å². The van der Waals surface area contributed by atoms with E-state index in [-0.39, 0.29) is 29.9 Å². The molecule has 10 nitrogen and oxygen atoms in total. The Balaban J connectivity index is 1.31. The zero-order valence-corrected chi connectivity index (χ0v) is 27.9. The minimum absolute atomic E-state index is 0.0294. The van der Waals surface area contributed by atoms with Gasteiger partial charge in [0.15, 0.2) is 0 Å². The topological polar surface area (TPSA) is 140 Å². The van der Waals surface area contributed by atoms with Crippen molar-refractivity contribution in [2.45, 2.75) is 75.3 Å². The van der Waals surface area contributed by atoms with Gasteiger partial charge in [-0.15, -0.1) is 0 Å². The first-order valence-corrected chi connectivity index (χ1v) is 17.4. The van der Waals surface area contributed by atoms with Crippen LogP contribution in [0.15, 0.2) is 89.8 Å². The first-order chi connectivity index (χ1) is 23.2. The second-order valence-electron chi connectivity index (χ2n) is 12.2. The normalized spacial score (nSPS) is 17.8. The first kappa shape index (κ1) is 37.4. The number of alkyl halides is 3. The molecule has 14 heteroatoms. The summed E-state index contributed by atoms with van der Waals surface area (Å²) in [4.78, 5) is 38.7. The average Bonchev–Trinajstić information content (AvgIpc) is 3.08. The third-order valence-corrected chi connectivity index (χ3v) is 9.77. The van der Waals surface area contributed by atoms with Gasteiger partial charge >= 0.3 is 18.2 Å². The standard InChI is InChI=1S/C35H40F3N3O7S/c1-23(2)31(40-34(44)48-21-24-9-5-3-6-10-24)33(43)47-22-30(25-11-7-4-8-12-25)39-32(42)26-13-17-28(18-14-26)41-49(45,46)29-19-15-27(16-20-29)35(36,37)38/h3-12,15-16,19-20,23,26,28,30-31,41H,13-14,17-18,21-22H2,1-2H3,(H,39,42)(H,40,44)/t26?,28?,30-,31+/m1/s1. The lowest BCUT2D eigenvalue weighted by Crippen LogP contribution is -2.46. The van der Waals surface area contributed by atoms with Crippen LogP contribution in [0.2, 0.25) is 0 Å². The fourth-order valence-electron chi connectivity index (χ4n) is 5.42. The molecular formula is C35H40F3N3O7S. The molecule has 264 valence electrons. The van der Waals surface area contributed by atoms with Crippen LogP contribution in [0.1, 0.15) is 62.3 Å². The Morgan fingerprint density at radius 1 is 0.816 bits per heavy atom. The summed E-state index contributed by atoms with van der Waals surface area (Å²) in [6.07, 6.45) is -3.96. The highest BCUT2D eigenvalue weighted by Crippen LogP contribution is 2.31. The minimum atomic E-state index is -4.58. The van der Waals surface area contributed by atoms with Crippen LogP contribution in [0, 0.1) is 11.8 Å². The number of amides is 2. The number of sulfonamides is 1. The average molecular weight is 704 g/mol. The third-order valence-electron chi connectivity index (χ3n) is 8.23. The number of hydrogen-bond acceptors (Lipinski definition) is 7. The molecule has 49 heavy (non-hydrogen) atoms. The quantitative estimate of drug-likeness (QED) is 0.189. The van der Waals surface area contributed by atoms with Crippen molar-refractivity contribution in [2.24, 2.45) is 11.8 Å². The summed E-state index contributed by atoms with van der Waals surface area (Å²) in [6, 6.07) is 19.1. The molecule has 0 unspecified atom stereocenters. The maximum absolute atomic E-state index is 13.4. The van der Waals surface area contributed by atoms with Gasteiger partial charge in [-0.2, -0.15) is 13.2 Å². The molecule has 3 aromatic rings. The number of benzene rings is 3. The van der Waals surface area contributed by atoms with E-state index in [4.69, 9.17) is 9.47 Å². The molecule has 2 amide bonds. The summed E-state index contributed by atoms with van der Waals surface area (Å²) in [5, 5.41) is 5.52. The SMILES string of the molecule is CC(C)[C@H](NC(=O)OCc1ccccc1)C(=O)OC[C@@H](NC(=O)C1CCC(NS(=O)(=O)c2ccc(C(F)(F)F)cc2)CC1)c1ccccc1. The number of rotatable bonds is 13. The Morgan fingerprint density at radius 2 is 1.41 bits per heavy atom. The molecule has 3 aromatic carbocycles. The molecule has 0 bridgehead atoms. The smallest absolute Gasteiger partial charge is 0.416 e. The number of halogens is 3. The van der Waals surface area contributed by atoms with Crippen molar-refractivity contribution < 1.29 is 45.4 Å². The van der Waals surface area contributed by atoms with Crippen LogP contribution in [0.5, 0.6) is 0 Å². The number of esters is 1. The summed E-state index contributed by atoms with van der Waals surface area (Å²) < 4.78 is 77.6. The Kier molecular flexibility index (Phi) is 12.8. The predicted molar refractivity (Wildman–Crippen MR) is 174 cm³/mol. The van der Waals surface area contributed by atoms with Crippen molar-refractivity contribution in [2.75, 3.05) is 6.61 Å². The van der Waals surface area contributed by atoms with Gasteiger partial charge in [0.05, 0.1) is 16.5 Å². The lowest BCUT2D eigenvalue weighted by Gasteiger charge is -2.30. The molecule has 2 atom stereocenters. The van der Waals surface area contributed by atoms with Crippen molar-refractivity contribution in [1.82, 2.24) is 15.4 Å². The van der Waals surface area contributed by atoms with Gasteiger partial charge in [0.2, 0.25) is 15.9 Å².